The van der Waals surface area contributed by atoms with Crippen molar-refractivity contribution in [2.75, 3.05) is 0 Å². The van der Waals surface area contributed by atoms with Crippen molar-refractivity contribution < 1.29 is 9.90 Å². The third-order valence-corrected chi connectivity index (χ3v) is 3.95. The molecule has 1 unspecified atom stereocenters. The van der Waals surface area contributed by atoms with E-state index in [4.69, 9.17) is 5.11 Å². The van der Waals surface area contributed by atoms with Gasteiger partial charge < -0.3 is 5.11 Å². The summed E-state index contributed by atoms with van der Waals surface area (Å²) in [5, 5.41) is 9.08. The quantitative estimate of drug-likeness (QED) is 0.759. The number of aliphatic carboxylic acids is 1. The number of aryl methyl sites for hydroxylation is 1. The van der Waals surface area contributed by atoms with E-state index in [-0.39, 0.29) is 0 Å². The molecule has 0 aliphatic rings. The van der Waals surface area contributed by atoms with E-state index < -0.39 is 11.4 Å². The molecule has 0 spiro atoms. The van der Waals surface area contributed by atoms with Crippen molar-refractivity contribution in [3.8, 4) is 0 Å². The van der Waals surface area contributed by atoms with E-state index in [0.717, 1.165) is 36.0 Å². The van der Waals surface area contributed by atoms with Gasteiger partial charge in [0.1, 0.15) is 4.60 Å². The van der Waals surface area contributed by atoms with Gasteiger partial charge in [0.2, 0.25) is 0 Å². The maximum atomic E-state index is 11.0. The molecule has 106 valence electrons. The van der Waals surface area contributed by atoms with Crippen LogP contribution >= 0.6 is 15.9 Å². The molecule has 0 saturated carbocycles. The predicted molar refractivity (Wildman–Crippen MR) is 80.1 cm³/mol. The second-order valence-electron chi connectivity index (χ2n) is 5.82. The van der Waals surface area contributed by atoms with E-state index in [9.17, 15) is 4.79 Å². The molecule has 1 N–H and O–H groups in total. The highest BCUT2D eigenvalue weighted by Gasteiger charge is 2.27. The van der Waals surface area contributed by atoms with Crippen LogP contribution in [0.2, 0.25) is 0 Å². The van der Waals surface area contributed by atoms with Crippen molar-refractivity contribution in [2.45, 2.75) is 46.5 Å². The number of nitrogens with zero attached hydrogens (tertiary/aromatic N) is 1. The Morgan fingerprint density at radius 3 is 2.68 bits per heavy atom. The highest BCUT2D eigenvalue weighted by molar-refractivity contribution is 9.10. The van der Waals surface area contributed by atoms with E-state index in [1.807, 2.05) is 18.2 Å². The molecule has 0 fully saturated rings. The average molecular weight is 328 g/mol. The van der Waals surface area contributed by atoms with Gasteiger partial charge in [0.05, 0.1) is 5.41 Å². The zero-order chi connectivity index (χ0) is 14.5. The molecule has 1 rings (SSSR count). The van der Waals surface area contributed by atoms with E-state index in [2.05, 4.69) is 27.8 Å². The fourth-order valence-electron chi connectivity index (χ4n) is 1.84. The first-order chi connectivity index (χ1) is 8.81. The molecule has 0 amide bonds. The normalized spacial score (nSPS) is 13.3. The average Bonchev–Trinajstić information content (AvgIpc) is 2.34. The first-order valence-electron chi connectivity index (χ1n) is 6.66. The van der Waals surface area contributed by atoms with Gasteiger partial charge in [-0.1, -0.05) is 13.0 Å². The number of pyridine rings is 1. The second-order valence-corrected chi connectivity index (χ2v) is 6.64. The number of hydrogen-bond donors (Lipinski definition) is 1. The van der Waals surface area contributed by atoms with E-state index in [1.54, 1.807) is 13.8 Å². The van der Waals surface area contributed by atoms with Gasteiger partial charge in [-0.05, 0) is 73.5 Å². The van der Waals surface area contributed by atoms with Gasteiger partial charge in [-0.15, -0.1) is 0 Å². The Kier molecular flexibility index (Phi) is 5.98. The van der Waals surface area contributed by atoms with Gasteiger partial charge in [-0.25, -0.2) is 4.98 Å². The smallest absolute Gasteiger partial charge is 0.309 e. The van der Waals surface area contributed by atoms with Crippen LogP contribution in [0.4, 0.5) is 0 Å². The molecule has 0 aromatic carbocycles. The third kappa shape index (κ3) is 5.72. The Morgan fingerprint density at radius 2 is 2.11 bits per heavy atom. The summed E-state index contributed by atoms with van der Waals surface area (Å²) in [6, 6.07) is 5.94. The van der Waals surface area contributed by atoms with Crippen molar-refractivity contribution in [3.05, 3.63) is 28.5 Å². The first-order valence-corrected chi connectivity index (χ1v) is 7.45. The monoisotopic (exact) mass is 327 g/mol. The van der Waals surface area contributed by atoms with Crippen molar-refractivity contribution in [1.82, 2.24) is 4.98 Å². The van der Waals surface area contributed by atoms with Crippen LogP contribution in [0, 0.1) is 11.3 Å². The molecule has 0 radical (unpaired) electrons. The number of carboxylic acid groups (broad SMARTS) is 1. The number of carbonyl (C=O) groups is 1. The van der Waals surface area contributed by atoms with Crippen LogP contribution in [0.3, 0.4) is 0 Å². The summed E-state index contributed by atoms with van der Waals surface area (Å²) in [4.78, 5) is 15.4. The summed E-state index contributed by atoms with van der Waals surface area (Å²) >= 11 is 3.37. The Hall–Kier alpha value is -0.900. The van der Waals surface area contributed by atoms with E-state index in [0.29, 0.717) is 5.92 Å². The number of hydrogen-bond acceptors (Lipinski definition) is 2. The lowest BCUT2D eigenvalue weighted by Gasteiger charge is -2.21. The first kappa shape index (κ1) is 16.2. The van der Waals surface area contributed by atoms with Crippen LogP contribution in [-0.2, 0) is 11.2 Å². The van der Waals surface area contributed by atoms with Crippen molar-refractivity contribution in [3.63, 3.8) is 0 Å². The topological polar surface area (TPSA) is 50.2 Å². The van der Waals surface area contributed by atoms with E-state index in [1.165, 1.54) is 0 Å². The molecule has 0 aliphatic carbocycles. The van der Waals surface area contributed by atoms with Gasteiger partial charge >= 0.3 is 5.97 Å². The minimum Gasteiger partial charge on any atom is -0.481 e. The molecular formula is C15H22BrNO2. The molecule has 0 saturated heterocycles. The lowest BCUT2D eigenvalue weighted by Crippen LogP contribution is -2.24. The fraction of sp³-hybridized carbons (Fsp3) is 0.600. The lowest BCUT2D eigenvalue weighted by molar-refractivity contribution is -0.147. The largest absolute Gasteiger partial charge is 0.481 e. The summed E-state index contributed by atoms with van der Waals surface area (Å²) in [6.07, 6.45) is 3.63. The second kappa shape index (κ2) is 7.04. The van der Waals surface area contributed by atoms with Crippen LogP contribution in [0.5, 0.6) is 0 Å². The third-order valence-electron chi connectivity index (χ3n) is 3.51. The van der Waals surface area contributed by atoms with Crippen molar-refractivity contribution >= 4 is 21.9 Å². The molecule has 0 bridgehead atoms. The van der Waals surface area contributed by atoms with Crippen LogP contribution in [0.15, 0.2) is 22.8 Å². The predicted octanol–water partition coefficient (Wildman–Crippen LogP) is 4.30. The van der Waals surface area contributed by atoms with Gasteiger partial charge in [0.15, 0.2) is 0 Å². The molecule has 1 aromatic heterocycles. The van der Waals surface area contributed by atoms with Gasteiger partial charge in [0, 0.05) is 5.69 Å². The van der Waals surface area contributed by atoms with Crippen LogP contribution in [0.1, 0.15) is 45.7 Å². The SMILES string of the molecule is CC(CCc1cccc(Br)n1)CCC(C)(C)C(=O)O. The molecule has 19 heavy (non-hydrogen) atoms. The molecule has 1 atom stereocenters. The summed E-state index contributed by atoms with van der Waals surface area (Å²) in [5.74, 6) is -0.201. The summed E-state index contributed by atoms with van der Waals surface area (Å²) in [6.45, 7) is 5.76. The van der Waals surface area contributed by atoms with Crippen LogP contribution in [0.25, 0.3) is 0 Å². The highest BCUT2D eigenvalue weighted by atomic mass is 79.9. The number of halogens is 1. The molecule has 4 heteroatoms. The number of rotatable bonds is 7. The Bertz CT molecular complexity index is 432. The molecular weight excluding hydrogens is 306 g/mol. The minimum atomic E-state index is -0.714. The summed E-state index contributed by atoms with van der Waals surface area (Å²) in [5.41, 5.74) is 0.459. The van der Waals surface area contributed by atoms with Gasteiger partial charge in [0.25, 0.3) is 0 Å². The van der Waals surface area contributed by atoms with Crippen molar-refractivity contribution in [2.24, 2.45) is 11.3 Å². The van der Waals surface area contributed by atoms with Crippen LogP contribution in [-0.4, -0.2) is 16.1 Å². The number of aromatic nitrogens is 1. The standard InChI is InChI=1S/C15H22BrNO2/c1-11(9-10-15(2,3)14(18)19)7-8-12-5-4-6-13(16)17-12/h4-6,11H,7-10H2,1-3H3,(H,18,19). The summed E-state index contributed by atoms with van der Waals surface area (Å²) in [7, 11) is 0. The Balaban J connectivity index is 2.36. The maximum absolute atomic E-state index is 11.0. The van der Waals surface area contributed by atoms with Crippen molar-refractivity contribution in [1.29, 1.82) is 0 Å². The molecule has 1 aromatic rings. The fourth-order valence-corrected chi connectivity index (χ4v) is 2.22. The Labute approximate surface area is 123 Å². The highest BCUT2D eigenvalue weighted by Crippen LogP contribution is 2.26. The Morgan fingerprint density at radius 1 is 1.42 bits per heavy atom. The summed E-state index contributed by atoms with van der Waals surface area (Å²) < 4.78 is 0.865. The molecule has 3 nitrogen and oxygen atoms in total. The molecule has 1 heterocycles. The van der Waals surface area contributed by atoms with Crippen LogP contribution < -0.4 is 0 Å². The van der Waals surface area contributed by atoms with E-state index >= 15 is 0 Å². The van der Waals surface area contributed by atoms with Gasteiger partial charge in [-0.2, -0.15) is 0 Å². The molecule has 0 aliphatic heterocycles. The lowest BCUT2D eigenvalue weighted by atomic mass is 9.84. The number of carboxylic acids is 1. The zero-order valence-corrected chi connectivity index (χ0v) is 13.4. The zero-order valence-electron chi connectivity index (χ0n) is 11.8. The minimum absolute atomic E-state index is 0.513. The van der Waals surface area contributed by atoms with Gasteiger partial charge in [-0.3, -0.25) is 4.79 Å². The maximum Gasteiger partial charge on any atom is 0.309 e.